The maximum atomic E-state index is 13.9. The molecule has 0 spiro atoms. The molecule has 0 radical (unpaired) electrons. The summed E-state index contributed by atoms with van der Waals surface area (Å²) in [6, 6.07) is 12.5. The largest absolute Gasteiger partial charge is 0.322 e. The molecule has 0 unspecified atom stereocenters. The van der Waals surface area contributed by atoms with Gasteiger partial charge >= 0.3 is 0 Å². The summed E-state index contributed by atoms with van der Waals surface area (Å²) >= 11 is 1.64. The number of anilines is 1. The quantitative estimate of drug-likeness (QED) is 0.732. The number of thiophene rings is 1. The van der Waals surface area contributed by atoms with E-state index in [1.165, 1.54) is 6.07 Å². The van der Waals surface area contributed by atoms with Gasteiger partial charge in [-0.15, -0.1) is 11.3 Å². The fourth-order valence-corrected chi connectivity index (χ4v) is 2.84. The van der Waals surface area contributed by atoms with Gasteiger partial charge in [0.2, 0.25) is 0 Å². The Kier molecular flexibility index (Phi) is 3.24. The first-order valence-corrected chi connectivity index (χ1v) is 7.07. The third kappa shape index (κ3) is 2.30. The SMILES string of the molecule is Cc1cccc(C(=O)Nc2ccc3sccc3c2)c1F. The summed E-state index contributed by atoms with van der Waals surface area (Å²) in [5.74, 6) is -0.901. The van der Waals surface area contributed by atoms with Crippen LogP contribution in [0.3, 0.4) is 0 Å². The average Bonchev–Trinajstić information content (AvgIpc) is 2.89. The molecule has 0 aliphatic carbocycles. The van der Waals surface area contributed by atoms with Gasteiger partial charge in [-0.1, -0.05) is 12.1 Å². The number of aryl methyl sites for hydroxylation is 1. The standard InChI is InChI=1S/C16H12FNOS/c1-10-3-2-4-13(15(10)17)16(19)18-12-5-6-14-11(9-12)7-8-20-14/h2-9H,1H3,(H,18,19). The maximum Gasteiger partial charge on any atom is 0.258 e. The number of hydrogen-bond donors (Lipinski definition) is 1. The third-order valence-electron chi connectivity index (χ3n) is 3.15. The number of nitrogens with one attached hydrogen (secondary N) is 1. The van der Waals surface area contributed by atoms with Crippen LogP contribution in [-0.4, -0.2) is 5.91 Å². The van der Waals surface area contributed by atoms with Crippen LogP contribution in [0.15, 0.2) is 47.8 Å². The molecular weight excluding hydrogens is 273 g/mol. The number of halogens is 1. The molecule has 1 heterocycles. The highest BCUT2D eigenvalue weighted by Gasteiger charge is 2.13. The second-order valence-corrected chi connectivity index (χ2v) is 5.51. The van der Waals surface area contributed by atoms with Crippen molar-refractivity contribution < 1.29 is 9.18 Å². The lowest BCUT2D eigenvalue weighted by Crippen LogP contribution is -2.14. The fourth-order valence-electron chi connectivity index (χ4n) is 2.07. The molecule has 3 aromatic rings. The van der Waals surface area contributed by atoms with E-state index in [2.05, 4.69) is 5.32 Å². The smallest absolute Gasteiger partial charge is 0.258 e. The van der Waals surface area contributed by atoms with Crippen LogP contribution in [0.25, 0.3) is 10.1 Å². The van der Waals surface area contributed by atoms with Gasteiger partial charge in [-0.05, 0) is 53.6 Å². The molecule has 2 nitrogen and oxygen atoms in total. The van der Waals surface area contributed by atoms with Crippen molar-refractivity contribution in [2.75, 3.05) is 5.32 Å². The van der Waals surface area contributed by atoms with Crippen LogP contribution in [-0.2, 0) is 0 Å². The summed E-state index contributed by atoms with van der Waals surface area (Å²) in [5.41, 5.74) is 1.20. The molecule has 3 rings (SSSR count). The first-order valence-electron chi connectivity index (χ1n) is 6.19. The molecular formula is C16H12FNOS. The molecule has 20 heavy (non-hydrogen) atoms. The molecule has 1 amide bonds. The van der Waals surface area contributed by atoms with Crippen molar-refractivity contribution in [3.63, 3.8) is 0 Å². The van der Waals surface area contributed by atoms with E-state index in [1.54, 1.807) is 30.4 Å². The highest BCUT2D eigenvalue weighted by atomic mass is 32.1. The number of rotatable bonds is 2. The van der Waals surface area contributed by atoms with E-state index < -0.39 is 11.7 Å². The lowest BCUT2D eigenvalue weighted by atomic mass is 10.1. The minimum Gasteiger partial charge on any atom is -0.322 e. The molecule has 1 aromatic heterocycles. The summed E-state index contributed by atoms with van der Waals surface area (Å²) in [5, 5.41) is 5.80. The Labute approximate surface area is 119 Å². The Balaban J connectivity index is 1.90. The molecule has 0 atom stereocenters. The number of carbonyl (C=O) groups is 1. The van der Waals surface area contributed by atoms with E-state index in [9.17, 15) is 9.18 Å². The van der Waals surface area contributed by atoms with Crippen LogP contribution in [0.5, 0.6) is 0 Å². The lowest BCUT2D eigenvalue weighted by Gasteiger charge is -2.07. The van der Waals surface area contributed by atoms with Crippen molar-refractivity contribution in [2.24, 2.45) is 0 Å². The molecule has 0 fully saturated rings. The Morgan fingerprint density at radius 2 is 2.05 bits per heavy atom. The van der Waals surface area contributed by atoms with Crippen molar-refractivity contribution in [1.82, 2.24) is 0 Å². The first-order chi connectivity index (χ1) is 9.65. The Morgan fingerprint density at radius 1 is 1.20 bits per heavy atom. The summed E-state index contributed by atoms with van der Waals surface area (Å²) in [6.07, 6.45) is 0. The van der Waals surface area contributed by atoms with Crippen LogP contribution in [0.1, 0.15) is 15.9 Å². The van der Waals surface area contributed by atoms with Gasteiger partial charge in [0, 0.05) is 10.4 Å². The number of carbonyl (C=O) groups excluding carboxylic acids is 1. The topological polar surface area (TPSA) is 29.1 Å². The lowest BCUT2D eigenvalue weighted by molar-refractivity contribution is 0.102. The van der Waals surface area contributed by atoms with Gasteiger partial charge in [0.15, 0.2) is 0 Å². The molecule has 0 aliphatic rings. The molecule has 0 aliphatic heterocycles. The highest BCUT2D eigenvalue weighted by molar-refractivity contribution is 7.17. The number of benzene rings is 2. The van der Waals surface area contributed by atoms with Crippen molar-refractivity contribution in [1.29, 1.82) is 0 Å². The first kappa shape index (κ1) is 12.8. The van der Waals surface area contributed by atoms with Gasteiger partial charge in [-0.3, -0.25) is 4.79 Å². The van der Waals surface area contributed by atoms with Crippen LogP contribution in [0, 0.1) is 12.7 Å². The Hall–Kier alpha value is -2.20. The van der Waals surface area contributed by atoms with E-state index in [1.807, 2.05) is 29.6 Å². The predicted octanol–water partition coefficient (Wildman–Crippen LogP) is 4.60. The zero-order valence-electron chi connectivity index (χ0n) is 10.8. The molecule has 2 aromatic carbocycles. The molecule has 0 saturated heterocycles. The summed E-state index contributed by atoms with van der Waals surface area (Å²) < 4.78 is 15.1. The van der Waals surface area contributed by atoms with E-state index in [0.29, 0.717) is 11.3 Å². The maximum absolute atomic E-state index is 13.9. The molecule has 100 valence electrons. The average molecular weight is 285 g/mol. The van der Waals surface area contributed by atoms with Gasteiger partial charge in [0.25, 0.3) is 5.91 Å². The number of amides is 1. The predicted molar refractivity (Wildman–Crippen MR) is 80.9 cm³/mol. The third-order valence-corrected chi connectivity index (χ3v) is 4.04. The highest BCUT2D eigenvalue weighted by Crippen LogP contribution is 2.24. The summed E-state index contributed by atoms with van der Waals surface area (Å²) in [7, 11) is 0. The van der Waals surface area contributed by atoms with Crippen molar-refractivity contribution in [2.45, 2.75) is 6.92 Å². The normalized spacial score (nSPS) is 10.7. The van der Waals surface area contributed by atoms with Crippen LogP contribution in [0.4, 0.5) is 10.1 Å². The van der Waals surface area contributed by atoms with Gasteiger partial charge in [-0.2, -0.15) is 0 Å². The van der Waals surface area contributed by atoms with Crippen molar-refractivity contribution >= 4 is 33.0 Å². The molecule has 4 heteroatoms. The second kappa shape index (κ2) is 5.06. The van der Waals surface area contributed by atoms with Gasteiger partial charge < -0.3 is 5.32 Å². The van der Waals surface area contributed by atoms with Gasteiger partial charge in [0.05, 0.1) is 5.56 Å². The van der Waals surface area contributed by atoms with Crippen molar-refractivity contribution in [3.8, 4) is 0 Å². The van der Waals surface area contributed by atoms with Gasteiger partial charge in [-0.25, -0.2) is 4.39 Å². The number of hydrogen-bond acceptors (Lipinski definition) is 2. The van der Waals surface area contributed by atoms with E-state index in [-0.39, 0.29) is 5.56 Å². The molecule has 0 bridgehead atoms. The summed E-state index contributed by atoms with van der Waals surface area (Å²) in [4.78, 5) is 12.1. The Bertz CT molecular complexity index is 794. The van der Waals surface area contributed by atoms with Gasteiger partial charge in [0.1, 0.15) is 5.82 Å². The second-order valence-electron chi connectivity index (χ2n) is 4.56. The number of fused-ring (bicyclic) bond motifs is 1. The van der Waals surface area contributed by atoms with Crippen LogP contribution in [0.2, 0.25) is 0 Å². The Morgan fingerprint density at radius 3 is 2.90 bits per heavy atom. The van der Waals surface area contributed by atoms with Crippen LogP contribution < -0.4 is 5.32 Å². The zero-order valence-corrected chi connectivity index (χ0v) is 11.6. The minimum absolute atomic E-state index is 0.0652. The summed E-state index contributed by atoms with van der Waals surface area (Å²) in [6.45, 7) is 1.64. The fraction of sp³-hybridized carbons (Fsp3) is 0.0625. The van der Waals surface area contributed by atoms with Crippen LogP contribution >= 0.6 is 11.3 Å². The monoisotopic (exact) mass is 285 g/mol. The van der Waals surface area contributed by atoms with E-state index in [0.717, 1.165) is 10.1 Å². The zero-order chi connectivity index (χ0) is 14.1. The minimum atomic E-state index is -0.471. The molecule has 0 saturated carbocycles. The van der Waals surface area contributed by atoms with E-state index >= 15 is 0 Å². The molecule has 1 N–H and O–H groups in total. The van der Waals surface area contributed by atoms with E-state index in [4.69, 9.17) is 0 Å². The van der Waals surface area contributed by atoms with Crippen molar-refractivity contribution in [3.05, 3.63) is 64.8 Å².